The van der Waals surface area contributed by atoms with Crippen molar-refractivity contribution in [2.45, 2.75) is 30.8 Å². The van der Waals surface area contributed by atoms with Crippen LogP contribution in [0.25, 0.3) is 0 Å². The van der Waals surface area contributed by atoms with Crippen LogP contribution in [0.3, 0.4) is 0 Å². The van der Waals surface area contributed by atoms with Gasteiger partial charge in [-0.25, -0.2) is 4.79 Å². The number of rotatable bonds is 4. The van der Waals surface area contributed by atoms with Gasteiger partial charge >= 0.3 is 5.97 Å². The summed E-state index contributed by atoms with van der Waals surface area (Å²) in [6, 6.07) is 10.0. The Balaban J connectivity index is 1.51. The number of thioether (sulfide) groups is 1. The zero-order valence-corrected chi connectivity index (χ0v) is 17.4. The summed E-state index contributed by atoms with van der Waals surface area (Å²) in [5.74, 6) is 0.521. The molecule has 0 saturated carbocycles. The van der Waals surface area contributed by atoms with Crippen molar-refractivity contribution in [3.63, 3.8) is 0 Å². The number of amides is 1. The highest BCUT2D eigenvalue weighted by Crippen LogP contribution is 2.39. The Bertz CT molecular complexity index is 1000. The number of carbonyl (C=O) groups excluding carboxylic acids is 3. The summed E-state index contributed by atoms with van der Waals surface area (Å²) in [5.41, 5.74) is 2.35. The number of fused-ring (bicyclic) bond motifs is 2. The standard InChI is InChI=1S/C22H21NO6S/c1-3-27-22(26)13-4-6-15(7-5-13)23-21(25)19-9-14-8-17-18(29-11-28-17)10-16(14)20(24)12(2)30-19/h4-8,10,12,19H,3,9,11H2,1-2H3,(H,23,25)/t12-,19+/m1/s1. The molecular formula is C22H21NO6S. The average molecular weight is 427 g/mol. The molecule has 2 atom stereocenters. The van der Waals surface area contributed by atoms with Crippen LogP contribution < -0.4 is 14.8 Å². The quantitative estimate of drug-likeness (QED) is 0.747. The van der Waals surface area contributed by atoms with Crippen molar-refractivity contribution < 1.29 is 28.6 Å². The molecule has 0 bridgehead atoms. The molecule has 0 saturated heterocycles. The van der Waals surface area contributed by atoms with Gasteiger partial charge in [-0.1, -0.05) is 0 Å². The molecule has 2 heterocycles. The zero-order valence-electron chi connectivity index (χ0n) is 16.6. The molecule has 4 rings (SSSR count). The number of nitrogens with one attached hydrogen (secondary N) is 1. The summed E-state index contributed by atoms with van der Waals surface area (Å²) in [6.07, 6.45) is 0.402. The van der Waals surface area contributed by atoms with E-state index in [2.05, 4.69) is 5.32 Å². The summed E-state index contributed by atoms with van der Waals surface area (Å²) in [6.45, 7) is 3.98. The Labute approximate surface area is 178 Å². The second-order valence-electron chi connectivity index (χ2n) is 6.99. The molecule has 8 heteroatoms. The lowest BCUT2D eigenvalue weighted by Crippen LogP contribution is -2.28. The first-order chi connectivity index (χ1) is 14.5. The predicted molar refractivity (Wildman–Crippen MR) is 112 cm³/mol. The van der Waals surface area contributed by atoms with E-state index in [1.165, 1.54) is 11.8 Å². The van der Waals surface area contributed by atoms with Gasteiger partial charge in [-0.2, -0.15) is 0 Å². The molecule has 7 nitrogen and oxygen atoms in total. The Morgan fingerprint density at radius 1 is 1.17 bits per heavy atom. The smallest absolute Gasteiger partial charge is 0.338 e. The summed E-state index contributed by atoms with van der Waals surface area (Å²) in [4.78, 5) is 37.5. The van der Waals surface area contributed by atoms with Gasteiger partial charge < -0.3 is 19.5 Å². The van der Waals surface area contributed by atoms with Crippen LogP contribution in [0, 0.1) is 0 Å². The molecule has 2 aromatic carbocycles. The maximum atomic E-state index is 12.9. The second kappa shape index (κ2) is 8.39. The lowest BCUT2D eigenvalue weighted by molar-refractivity contribution is -0.115. The van der Waals surface area contributed by atoms with Gasteiger partial charge in [-0.15, -0.1) is 11.8 Å². The number of esters is 1. The van der Waals surface area contributed by atoms with E-state index in [0.717, 1.165) is 5.56 Å². The topological polar surface area (TPSA) is 90.9 Å². The highest BCUT2D eigenvalue weighted by molar-refractivity contribution is 8.01. The van der Waals surface area contributed by atoms with Gasteiger partial charge in [0.2, 0.25) is 12.7 Å². The van der Waals surface area contributed by atoms with Crippen LogP contribution in [0.2, 0.25) is 0 Å². The summed E-state index contributed by atoms with van der Waals surface area (Å²) in [7, 11) is 0. The van der Waals surface area contributed by atoms with E-state index in [4.69, 9.17) is 14.2 Å². The third kappa shape index (κ3) is 4.00. The highest BCUT2D eigenvalue weighted by Gasteiger charge is 2.33. The lowest BCUT2D eigenvalue weighted by Gasteiger charge is -2.16. The van der Waals surface area contributed by atoms with Crippen molar-refractivity contribution in [2.75, 3.05) is 18.7 Å². The number of hydrogen-bond acceptors (Lipinski definition) is 7. The van der Waals surface area contributed by atoms with E-state index in [-0.39, 0.29) is 23.7 Å². The Kier molecular flexibility index (Phi) is 5.67. The van der Waals surface area contributed by atoms with Crippen molar-refractivity contribution >= 4 is 35.1 Å². The third-order valence-corrected chi connectivity index (χ3v) is 6.29. The molecule has 2 aromatic rings. The van der Waals surface area contributed by atoms with Crippen LogP contribution in [-0.2, 0) is 16.0 Å². The number of benzene rings is 2. The van der Waals surface area contributed by atoms with Gasteiger partial charge in [0, 0.05) is 11.3 Å². The molecule has 0 unspecified atom stereocenters. The molecule has 0 aromatic heterocycles. The predicted octanol–water partition coefficient (Wildman–Crippen LogP) is 3.46. The Morgan fingerprint density at radius 2 is 1.87 bits per heavy atom. The Hall–Kier alpha value is -3.00. The summed E-state index contributed by atoms with van der Waals surface area (Å²) >= 11 is 1.33. The minimum absolute atomic E-state index is 0.0256. The van der Waals surface area contributed by atoms with Gasteiger partial charge in [-0.3, -0.25) is 9.59 Å². The van der Waals surface area contributed by atoms with E-state index < -0.39 is 11.2 Å². The average Bonchev–Trinajstić information content (AvgIpc) is 3.15. The van der Waals surface area contributed by atoms with Crippen LogP contribution in [0.5, 0.6) is 11.5 Å². The second-order valence-corrected chi connectivity index (χ2v) is 8.53. The van der Waals surface area contributed by atoms with E-state index in [1.807, 2.05) is 0 Å². The number of hydrogen-bond donors (Lipinski definition) is 1. The van der Waals surface area contributed by atoms with Gasteiger partial charge in [0.25, 0.3) is 0 Å². The van der Waals surface area contributed by atoms with Crippen molar-refractivity contribution in [3.05, 3.63) is 53.1 Å². The first-order valence-electron chi connectivity index (χ1n) is 9.66. The van der Waals surface area contributed by atoms with Gasteiger partial charge in [0.15, 0.2) is 17.3 Å². The van der Waals surface area contributed by atoms with Crippen LogP contribution >= 0.6 is 11.8 Å². The minimum atomic E-state index is -0.449. The van der Waals surface area contributed by atoms with E-state index in [9.17, 15) is 14.4 Å². The van der Waals surface area contributed by atoms with Gasteiger partial charge in [0.05, 0.1) is 22.7 Å². The van der Waals surface area contributed by atoms with E-state index >= 15 is 0 Å². The molecule has 0 radical (unpaired) electrons. The number of ether oxygens (including phenoxy) is 3. The minimum Gasteiger partial charge on any atom is -0.462 e. The molecule has 1 amide bonds. The Morgan fingerprint density at radius 3 is 2.57 bits per heavy atom. The van der Waals surface area contributed by atoms with E-state index in [1.54, 1.807) is 50.2 Å². The number of carbonyl (C=O) groups is 3. The first kappa shape index (κ1) is 20.3. The largest absolute Gasteiger partial charge is 0.462 e. The van der Waals surface area contributed by atoms with Crippen LogP contribution in [-0.4, -0.2) is 41.6 Å². The molecule has 0 fully saturated rings. The molecule has 0 aliphatic carbocycles. The summed E-state index contributed by atoms with van der Waals surface area (Å²) < 4.78 is 15.8. The first-order valence-corrected chi connectivity index (χ1v) is 10.6. The fourth-order valence-corrected chi connectivity index (χ4v) is 4.64. The number of anilines is 1. The molecule has 30 heavy (non-hydrogen) atoms. The van der Waals surface area contributed by atoms with Gasteiger partial charge in [0.1, 0.15) is 0 Å². The maximum Gasteiger partial charge on any atom is 0.338 e. The van der Waals surface area contributed by atoms with Crippen molar-refractivity contribution in [3.8, 4) is 11.5 Å². The van der Waals surface area contributed by atoms with Gasteiger partial charge in [-0.05, 0) is 62.2 Å². The third-order valence-electron chi connectivity index (χ3n) is 4.96. The SMILES string of the molecule is CCOC(=O)c1ccc(NC(=O)[C@@H]2Cc3cc4c(cc3C(=O)[C@@H](C)S2)OCO4)cc1. The monoisotopic (exact) mass is 427 g/mol. The highest BCUT2D eigenvalue weighted by atomic mass is 32.2. The summed E-state index contributed by atoms with van der Waals surface area (Å²) in [5, 5.41) is 2.06. The van der Waals surface area contributed by atoms with E-state index in [0.29, 0.717) is 41.3 Å². The molecule has 2 aliphatic heterocycles. The number of Topliss-reactive ketones (excluding diaryl/α,β-unsaturated/α-hetero) is 1. The zero-order chi connectivity index (χ0) is 21.3. The number of ketones is 1. The maximum absolute atomic E-state index is 12.9. The molecular weight excluding hydrogens is 406 g/mol. The normalized spacial score (nSPS) is 19.6. The lowest BCUT2D eigenvalue weighted by atomic mass is 9.97. The molecule has 1 N–H and O–H groups in total. The van der Waals surface area contributed by atoms with Crippen molar-refractivity contribution in [2.24, 2.45) is 0 Å². The van der Waals surface area contributed by atoms with Crippen molar-refractivity contribution in [1.82, 2.24) is 0 Å². The van der Waals surface area contributed by atoms with Crippen LogP contribution in [0.1, 0.15) is 40.1 Å². The van der Waals surface area contributed by atoms with Crippen LogP contribution in [0.4, 0.5) is 5.69 Å². The fraction of sp³-hybridized carbons (Fsp3) is 0.318. The van der Waals surface area contributed by atoms with Crippen LogP contribution in [0.15, 0.2) is 36.4 Å². The molecule has 0 spiro atoms. The fourth-order valence-electron chi connectivity index (χ4n) is 3.44. The molecule has 2 aliphatic rings. The molecule has 156 valence electrons. The van der Waals surface area contributed by atoms with Crippen molar-refractivity contribution in [1.29, 1.82) is 0 Å².